The lowest BCUT2D eigenvalue weighted by Gasteiger charge is -2.36. The third-order valence-corrected chi connectivity index (χ3v) is 2.65. The number of nitrogens with zero attached hydrogens (tertiary/aromatic N) is 1. The molecule has 1 aromatic rings. The minimum Gasteiger partial charge on any atom is -0.385 e. The molecule has 1 aromatic heterocycles. The molecule has 0 saturated heterocycles. The molecule has 0 amide bonds. The van der Waals surface area contributed by atoms with Crippen molar-refractivity contribution in [1.29, 1.82) is 0 Å². The molecule has 3 heteroatoms. The molecule has 1 heterocycles. The van der Waals surface area contributed by atoms with Gasteiger partial charge in [0.2, 0.25) is 0 Å². The number of hydrogen-bond acceptors (Lipinski definition) is 2. The molecular weight excluding hydrogens is 174 g/mol. The van der Waals surface area contributed by atoms with E-state index in [2.05, 4.69) is 4.98 Å². The summed E-state index contributed by atoms with van der Waals surface area (Å²) in [6, 6.07) is 3.56. The minimum atomic E-state index is -0.618. The molecule has 2 rings (SSSR count). The monoisotopic (exact) mass is 183 g/mol. The lowest BCUT2D eigenvalue weighted by molar-refractivity contribution is -0.0388. The molecule has 2 nitrogen and oxygen atoms in total. The topological polar surface area (TPSA) is 33.1 Å². The van der Waals surface area contributed by atoms with Crippen LogP contribution < -0.4 is 0 Å². The van der Waals surface area contributed by atoms with E-state index in [-0.39, 0.29) is 0 Å². The maximum Gasteiger partial charge on any atom is 0.129 e. The Morgan fingerprint density at radius 2 is 2.25 bits per heavy atom. The molecule has 0 atom stereocenters. The Kier molecular flexibility index (Phi) is 1.81. The van der Waals surface area contributed by atoms with E-state index in [1.165, 1.54) is 0 Å². The van der Waals surface area contributed by atoms with E-state index in [0.29, 0.717) is 5.15 Å². The van der Waals surface area contributed by atoms with Crippen molar-refractivity contribution < 1.29 is 5.11 Å². The summed E-state index contributed by atoms with van der Waals surface area (Å²) in [7, 11) is 0. The molecule has 0 spiro atoms. The predicted octanol–water partition coefficient (Wildman–Crippen LogP) is 2.11. The second-order valence-electron chi connectivity index (χ2n) is 3.25. The molecule has 0 radical (unpaired) electrons. The summed E-state index contributed by atoms with van der Waals surface area (Å²) in [6.07, 6.45) is 4.41. The van der Waals surface area contributed by atoms with Gasteiger partial charge in [0.25, 0.3) is 0 Å². The molecule has 0 bridgehead atoms. The molecule has 64 valence electrons. The van der Waals surface area contributed by atoms with Gasteiger partial charge in [0.15, 0.2) is 0 Å². The molecule has 12 heavy (non-hydrogen) atoms. The van der Waals surface area contributed by atoms with Crippen molar-refractivity contribution in [2.45, 2.75) is 24.9 Å². The van der Waals surface area contributed by atoms with Crippen LogP contribution in [0.25, 0.3) is 0 Å². The highest BCUT2D eigenvalue weighted by Crippen LogP contribution is 2.41. The average Bonchev–Trinajstić information content (AvgIpc) is 2.00. The van der Waals surface area contributed by atoms with Crippen LogP contribution >= 0.6 is 11.6 Å². The van der Waals surface area contributed by atoms with Crippen LogP contribution in [0.15, 0.2) is 18.3 Å². The van der Waals surface area contributed by atoms with E-state index in [1.807, 2.05) is 6.07 Å². The van der Waals surface area contributed by atoms with Gasteiger partial charge in [0, 0.05) is 6.20 Å². The maximum atomic E-state index is 9.92. The summed E-state index contributed by atoms with van der Waals surface area (Å²) in [6.45, 7) is 0. The fourth-order valence-corrected chi connectivity index (χ4v) is 1.67. The number of rotatable bonds is 1. The highest BCUT2D eigenvalue weighted by Gasteiger charge is 2.36. The Balaban J connectivity index is 2.33. The zero-order valence-corrected chi connectivity index (χ0v) is 7.38. The molecule has 1 N–H and O–H groups in total. The molecule has 1 saturated carbocycles. The number of hydrogen-bond donors (Lipinski definition) is 1. The Bertz CT molecular complexity index is 296. The van der Waals surface area contributed by atoms with E-state index in [9.17, 15) is 5.11 Å². The van der Waals surface area contributed by atoms with Gasteiger partial charge in [-0.2, -0.15) is 0 Å². The van der Waals surface area contributed by atoms with Crippen molar-refractivity contribution in [3.8, 4) is 0 Å². The first-order chi connectivity index (χ1) is 5.71. The van der Waals surface area contributed by atoms with Crippen LogP contribution in [0.4, 0.5) is 0 Å². The van der Waals surface area contributed by atoms with Crippen molar-refractivity contribution in [2.24, 2.45) is 0 Å². The van der Waals surface area contributed by atoms with Gasteiger partial charge in [-0.05, 0) is 37.0 Å². The van der Waals surface area contributed by atoms with Gasteiger partial charge in [-0.1, -0.05) is 11.6 Å². The van der Waals surface area contributed by atoms with Gasteiger partial charge < -0.3 is 5.11 Å². The third-order valence-electron chi connectivity index (χ3n) is 2.44. The molecular formula is C9H10ClNO. The molecule has 1 aliphatic rings. The van der Waals surface area contributed by atoms with Crippen LogP contribution in [0.1, 0.15) is 24.8 Å². The van der Waals surface area contributed by atoms with E-state index < -0.39 is 5.60 Å². The number of aliphatic hydroxyl groups is 1. The van der Waals surface area contributed by atoms with Crippen LogP contribution in [0.2, 0.25) is 5.15 Å². The first-order valence-electron chi connectivity index (χ1n) is 4.05. The summed E-state index contributed by atoms with van der Waals surface area (Å²) < 4.78 is 0. The Morgan fingerprint density at radius 1 is 1.50 bits per heavy atom. The van der Waals surface area contributed by atoms with Gasteiger partial charge in [0.05, 0.1) is 5.60 Å². The predicted molar refractivity (Wildman–Crippen MR) is 47.0 cm³/mol. The number of aromatic nitrogens is 1. The standard InChI is InChI=1S/C9H10ClNO/c10-8-6-7(2-5-11-8)9(12)3-1-4-9/h2,5-6,12H,1,3-4H2. The van der Waals surface area contributed by atoms with Crippen molar-refractivity contribution >= 4 is 11.6 Å². The van der Waals surface area contributed by atoms with Crippen LogP contribution in [0.5, 0.6) is 0 Å². The van der Waals surface area contributed by atoms with Crippen LogP contribution in [-0.2, 0) is 5.60 Å². The average molecular weight is 184 g/mol. The van der Waals surface area contributed by atoms with Crippen molar-refractivity contribution in [3.63, 3.8) is 0 Å². The van der Waals surface area contributed by atoms with Crippen molar-refractivity contribution in [3.05, 3.63) is 29.0 Å². The lowest BCUT2D eigenvalue weighted by Crippen LogP contribution is -2.33. The van der Waals surface area contributed by atoms with Gasteiger partial charge in [0.1, 0.15) is 5.15 Å². The zero-order valence-electron chi connectivity index (χ0n) is 6.63. The zero-order chi connectivity index (χ0) is 8.60. The van der Waals surface area contributed by atoms with Gasteiger partial charge >= 0.3 is 0 Å². The van der Waals surface area contributed by atoms with Gasteiger partial charge in [-0.15, -0.1) is 0 Å². The lowest BCUT2D eigenvalue weighted by atomic mass is 9.75. The maximum absolute atomic E-state index is 9.92. The van der Waals surface area contributed by atoms with E-state index in [1.54, 1.807) is 12.3 Å². The van der Waals surface area contributed by atoms with Gasteiger partial charge in [-0.25, -0.2) is 4.98 Å². The minimum absolute atomic E-state index is 0.452. The van der Waals surface area contributed by atoms with Crippen molar-refractivity contribution in [2.75, 3.05) is 0 Å². The summed E-state index contributed by atoms with van der Waals surface area (Å²) >= 11 is 5.71. The molecule has 0 aromatic carbocycles. The molecule has 1 aliphatic carbocycles. The quantitative estimate of drug-likeness (QED) is 0.677. The van der Waals surface area contributed by atoms with Crippen LogP contribution in [-0.4, -0.2) is 10.1 Å². The van der Waals surface area contributed by atoms with Crippen LogP contribution in [0, 0.1) is 0 Å². The molecule has 0 unspecified atom stereocenters. The summed E-state index contributed by atoms with van der Waals surface area (Å²) in [5.74, 6) is 0. The highest BCUT2D eigenvalue weighted by molar-refractivity contribution is 6.29. The normalized spacial score (nSPS) is 20.2. The molecule has 1 fully saturated rings. The SMILES string of the molecule is OC1(c2ccnc(Cl)c2)CCC1. The first kappa shape index (κ1) is 8.02. The van der Waals surface area contributed by atoms with Gasteiger partial charge in [-0.3, -0.25) is 0 Å². The third kappa shape index (κ3) is 1.21. The second-order valence-corrected chi connectivity index (χ2v) is 3.64. The first-order valence-corrected chi connectivity index (χ1v) is 4.43. The van der Waals surface area contributed by atoms with E-state index in [0.717, 1.165) is 24.8 Å². The summed E-state index contributed by atoms with van der Waals surface area (Å²) in [4.78, 5) is 3.87. The van der Waals surface area contributed by atoms with Crippen LogP contribution in [0.3, 0.4) is 0 Å². The second kappa shape index (κ2) is 2.71. The van der Waals surface area contributed by atoms with E-state index >= 15 is 0 Å². The summed E-state index contributed by atoms with van der Waals surface area (Å²) in [5, 5.41) is 10.4. The smallest absolute Gasteiger partial charge is 0.129 e. The fraction of sp³-hybridized carbons (Fsp3) is 0.444. The highest BCUT2D eigenvalue weighted by atomic mass is 35.5. The van der Waals surface area contributed by atoms with E-state index in [4.69, 9.17) is 11.6 Å². The number of pyridine rings is 1. The Labute approximate surface area is 76.2 Å². The largest absolute Gasteiger partial charge is 0.385 e. The number of halogens is 1. The van der Waals surface area contributed by atoms with Crippen molar-refractivity contribution in [1.82, 2.24) is 4.98 Å². The Morgan fingerprint density at radius 3 is 2.75 bits per heavy atom. The Hall–Kier alpha value is -0.600. The fourth-order valence-electron chi connectivity index (χ4n) is 1.49. The summed E-state index contributed by atoms with van der Waals surface area (Å²) in [5.41, 5.74) is 0.279. The molecule has 0 aliphatic heterocycles.